The van der Waals surface area contributed by atoms with E-state index in [0.29, 0.717) is 17.2 Å². The van der Waals surface area contributed by atoms with Crippen LogP contribution in [0.4, 0.5) is 20.3 Å². The van der Waals surface area contributed by atoms with Crippen LogP contribution in [-0.2, 0) is 0 Å². The zero-order chi connectivity index (χ0) is 19.1. The van der Waals surface area contributed by atoms with Crippen molar-refractivity contribution >= 4 is 17.2 Å². The molecule has 1 N–H and O–H groups in total. The molecular formula is C22H19F2N3. The van der Waals surface area contributed by atoms with Gasteiger partial charge in [0.25, 0.3) is 0 Å². The quantitative estimate of drug-likeness (QED) is 0.487. The maximum atomic E-state index is 14.5. The van der Waals surface area contributed by atoms with Gasteiger partial charge in [-0.1, -0.05) is 24.3 Å². The van der Waals surface area contributed by atoms with E-state index in [9.17, 15) is 8.78 Å². The number of pyridine rings is 1. The standard InChI is InChI=1S/C22H19F2N3/c1-13-6-4-7-14(2)20(13)26-22-21(17-11-10-16(23)12-18(17)24)25-19-9-5-8-15(3)27(19)22/h4-12,26H,1-3H3. The number of halogens is 2. The summed E-state index contributed by atoms with van der Waals surface area (Å²) in [5.74, 6) is -0.591. The smallest absolute Gasteiger partial charge is 0.143 e. The van der Waals surface area contributed by atoms with Crippen LogP contribution >= 0.6 is 0 Å². The van der Waals surface area contributed by atoms with E-state index in [0.717, 1.165) is 28.6 Å². The number of aromatic nitrogens is 2. The lowest BCUT2D eigenvalue weighted by Gasteiger charge is -2.15. The molecule has 4 aromatic rings. The van der Waals surface area contributed by atoms with Gasteiger partial charge < -0.3 is 5.32 Å². The van der Waals surface area contributed by atoms with E-state index in [1.54, 1.807) is 0 Å². The van der Waals surface area contributed by atoms with E-state index in [1.165, 1.54) is 12.1 Å². The summed E-state index contributed by atoms with van der Waals surface area (Å²) in [6, 6.07) is 15.3. The molecule has 136 valence electrons. The van der Waals surface area contributed by atoms with E-state index < -0.39 is 11.6 Å². The summed E-state index contributed by atoms with van der Waals surface area (Å²) in [5, 5.41) is 3.45. The van der Waals surface area contributed by atoms with Crippen LogP contribution in [0.25, 0.3) is 16.9 Å². The van der Waals surface area contributed by atoms with Crippen molar-refractivity contribution in [2.45, 2.75) is 20.8 Å². The fourth-order valence-electron chi connectivity index (χ4n) is 3.37. The molecule has 0 aliphatic heterocycles. The second-order valence-corrected chi connectivity index (χ2v) is 6.69. The number of rotatable bonds is 3. The Labute approximate surface area is 156 Å². The van der Waals surface area contributed by atoms with E-state index >= 15 is 0 Å². The van der Waals surface area contributed by atoms with E-state index in [1.807, 2.05) is 61.6 Å². The molecule has 2 aromatic heterocycles. The van der Waals surface area contributed by atoms with E-state index in [-0.39, 0.29) is 5.56 Å². The van der Waals surface area contributed by atoms with Gasteiger partial charge in [0.1, 0.15) is 28.8 Å². The van der Waals surface area contributed by atoms with Gasteiger partial charge in [0.15, 0.2) is 0 Å². The number of imidazole rings is 1. The lowest BCUT2D eigenvalue weighted by atomic mass is 10.1. The van der Waals surface area contributed by atoms with Gasteiger partial charge in [-0.3, -0.25) is 4.40 Å². The van der Waals surface area contributed by atoms with Crippen LogP contribution in [0, 0.1) is 32.4 Å². The first kappa shape index (κ1) is 17.2. The summed E-state index contributed by atoms with van der Waals surface area (Å²) >= 11 is 0. The average Bonchev–Trinajstić information content (AvgIpc) is 2.98. The van der Waals surface area contributed by atoms with Crippen molar-refractivity contribution in [3.05, 3.63) is 83.1 Å². The molecule has 0 unspecified atom stereocenters. The number of hydrogen-bond acceptors (Lipinski definition) is 2. The lowest BCUT2D eigenvalue weighted by molar-refractivity contribution is 0.585. The number of nitrogens with zero attached hydrogens (tertiary/aromatic N) is 2. The Bertz CT molecular complexity index is 1140. The number of para-hydroxylation sites is 1. The zero-order valence-corrected chi connectivity index (χ0v) is 15.3. The van der Waals surface area contributed by atoms with Crippen molar-refractivity contribution in [1.82, 2.24) is 9.38 Å². The minimum atomic E-state index is -0.638. The maximum absolute atomic E-state index is 14.5. The van der Waals surface area contributed by atoms with Gasteiger partial charge >= 0.3 is 0 Å². The predicted molar refractivity (Wildman–Crippen MR) is 104 cm³/mol. The van der Waals surface area contributed by atoms with Gasteiger partial charge in [-0.25, -0.2) is 13.8 Å². The van der Waals surface area contributed by atoms with Crippen molar-refractivity contribution in [2.24, 2.45) is 0 Å². The van der Waals surface area contributed by atoms with Gasteiger partial charge in [-0.05, 0) is 56.2 Å². The Kier molecular flexibility index (Phi) is 4.15. The fraction of sp³-hybridized carbons (Fsp3) is 0.136. The molecular weight excluding hydrogens is 344 g/mol. The largest absolute Gasteiger partial charge is 0.339 e. The SMILES string of the molecule is Cc1cccc(C)c1Nc1c(-c2ccc(F)cc2F)nc2cccc(C)n12. The molecule has 0 radical (unpaired) electrons. The van der Waals surface area contributed by atoms with Gasteiger partial charge in [-0.2, -0.15) is 0 Å². The third-order valence-electron chi connectivity index (χ3n) is 4.75. The molecule has 0 aliphatic rings. The van der Waals surface area contributed by atoms with E-state index in [2.05, 4.69) is 10.3 Å². The molecule has 4 rings (SSSR count). The van der Waals surface area contributed by atoms with E-state index in [4.69, 9.17) is 0 Å². The topological polar surface area (TPSA) is 29.3 Å². The van der Waals surface area contributed by atoms with Crippen LogP contribution in [-0.4, -0.2) is 9.38 Å². The zero-order valence-electron chi connectivity index (χ0n) is 15.3. The number of hydrogen-bond donors (Lipinski definition) is 1. The first-order valence-electron chi connectivity index (χ1n) is 8.72. The summed E-state index contributed by atoms with van der Waals surface area (Å²) in [6.07, 6.45) is 0. The molecule has 5 heteroatoms. The van der Waals surface area contributed by atoms with Crippen LogP contribution in [0.5, 0.6) is 0 Å². The Balaban J connectivity index is 2.00. The molecule has 0 amide bonds. The number of nitrogens with one attached hydrogen (secondary N) is 1. The highest BCUT2D eigenvalue weighted by Gasteiger charge is 2.19. The molecule has 0 atom stereocenters. The van der Waals surface area contributed by atoms with Crippen molar-refractivity contribution in [3.8, 4) is 11.3 Å². The van der Waals surface area contributed by atoms with Gasteiger partial charge in [-0.15, -0.1) is 0 Å². The van der Waals surface area contributed by atoms with Gasteiger partial charge in [0, 0.05) is 23.0 Å². The minimum Gasteiger partial charge on any atom is -0.339 e. The second-order valence-electron chi connectivity index (χ2n) is 6.69. The second kappa shape index (κ2) is 6.50. The Morgan fingerprint density at radius 3 is 2.30 bits per heavy atom. The highest BCUT2D eigenvalue weighted by atomic mass is 19.1. The summed E-state index contributed by atoms with van der Waals surface area (Å²) in [7, 11) is 0. The Morgan fingerprint density at radius 2 is 1.59 bits per heavy atom. The molecule has 0 fully saturated rings. The molecule has 0 bridgehead atoms. The number of anilines is 2. The van der Waals surface area contributed by atoms with Crippen LogP contribution in [0.2, 0.25) is 0 Å². The van der Waals surface area contributed by atoms with Gasteiger partial charge in [0.05, 0.1) is 0 Å². The van der Waals surface area contributed by atoms with Crippen LogP contribution in [0.15, 0.2) is 54.6 Å². The van der Waals surface area contributed by atoms with Crippen molar-refractivity contribution in [1.29, 1.82) is 0 Å². The molecule has 0 saturated heterocycles. The number of benzene rings is 2. The van der Waals surface area contributed by atoms with Crippen molar-refractivity contribution < 1.29 is 8.78 Å². The normalized spacial score (nSPS) is 11.1. The summed E-state index contributed by atoms with van der Waals surface area (Å²) < 4.78 is 29.9. The number of aryl methyl sites for hydroxylation is 3. The fourth-order valence-corrected chi connectivity index (χ4v) is 3.37. The highest BCUT2D eigenvalue weighted by molar-refractivity contribution is 5.81. The maximum Gasteiger partial charge on any atom is 0.143 e. The van der Waals surface area contributed by atoms with Crippen LogP contribution in [0.1, 0.15) is 16.8 Å². The third kappa shape index (κ3) is 2.95. The molecule has 2 aromatic carbocycles. The lowest BCUT2D eigenvalue weighted by Crippen LogP contribution is -2.02. The molecule has 0 aliphatic carbocycles. The first-order chi connectivity index (χ1) is 13.0. The van der Waals surface area contributed by atoms with Crippen molar-refractivity contribution in [3.63, 3.8) is 0 Å². The molecule has 27 heavy (non-hydrogen) atoms. The monoisotopic (exact) mass is 363 g/mol. The minimum absolute atomic E-state index is 0.258. The summed E-state index contributed by atoms with van der Waals surface area (Å²) in [5.41, 5.74) is 5.46. The van der Waals surface area contributed by atoms with Crippen LogP contribution < -0.4 is 5.32 Å². The molecule has 3 nitrogen and oxygen atoms in total. The Morgan fingerprint density at radius 1 is 0.889 bits per heavy atom. The number of fused-ring (bicyclic) bond motifs is 1. The molecule has 0 saturated carbocycles. The van der Waals surface area contributed by atoms with Crippen molar-refractivity contribution in [2.75, 3.05) is 5.32 Å². The van der Waals surface area contributed by atoms with Gasteiger partial charge in [0.2, 0.25) is 0 Å². The summed E-state index contributed by atoms with van der Waals surface area (Å²) in [4.78, 5) is 4.63. The predicted octanol–water partition coefficient (Wildman–Crippen LogP) is 5.95. The summed E-state index contributed by atoms with van der Waals surface area (Å²) in [6.45, 7) is 6.00. The molecule has 2 heterocycles. The third-order valence-corrected chi connectivity index (χ3v) is 4.75. The van der Waals surface area contributed by atoms with Crippen LogP contribution in [0.3, 0.4) is 0 Å². The highest BCUT2D eigenvalue weighted by Crippen LogP contribution is 2.35. The Hall–Kier alpha value is -3.21. The first-order valence-corrected chi connectivity index (χ1v) is 8.72. The molecule has 0 spiro atoms. The average molecular weight is 363 g/mol.